The van der Waals surface area contributed by atoms with Gasteiger partial charge in [0, 0.05) is 11.6 Å². The molecule has 4 heteroatoms. The fraction of sp³-hybridized carbons (Fsp3) is 0.462. The van der Waals surface area contributed by atoms with Crippen LogP contribution in [0.1, 0.15) is 24.0 Å². The number of hydrogen-bond donors (Lipinski definition) is 1. The van der Waals surface area contributed by atoms with Gasteiger partial charge in [-0.25, -0.2) is 0 Å². The van der Waals surface area contributed by atoms with Gasteiger partial charge in [-0.2, -0.15) is 0 Å². The van der Waals surface area contributed by atoms with E-state index in [4.69, 9.17) is 11.6 Å². The number of carboxylic acids is 1. The second kappa shape index (κ2) is 4.31. The molecule has 17 heavy (non-hydrogen) atoms. The molecule has 1 aliphatic carbocycles. The molecule has 2 rings (SSSR count). The Labute approximate surface area is 106 Å². The number of halogens is 1. The number of nitrogens with zero attached hydrogens (tertiary/aromatic N) is 1. The van der Waals surface area contributed by atoms with Gasteiger partial charge in [0.15, 0.2) is 0 Å². The van der Waals surface area contributed by atoms with Crippen LogP contribution < -0.4 is 0 Å². The minimum absolute atomic E-state index is 0.656. The third kappa shape index (κ3) is 2.31. The first-order chi connectivity index (χ1) is 7.95. The molecule has 1 fully saturated rings. The van der Waals surface area contributed by atoms with Crippen molar-refractivity contribution in [1.29, 1.82) is 0 Å². The average Bonchev–Trinajstić information content (AvgIpc) is 3.01. The number of hydrogen-bond acceptors (Lipinski definition) is 2. The van der Waals surface area contributed by atoms with Crippen molar-refractivity contribution in [3.8, 4) is 0 Å². The molecule has 0 unspecified atom stereocenters. The van der Waals surface area contributed by atoms with E-state index in [0.29, 0.717) is 17.9 Å². The van der Waals surface area contributed by atoms with Crippen molar-refractivity contribution in [2.45, 2.75) is 24.8 Å². The van der Waals surface area contributed by atoms with Gasteiger partial charge in [-0.15, -0.1) is 0 Å². The van der Waals surface area contributed by atoms with Crippen LogP contribution in [0.25, 0.3) is 0 Å². The van der Waals surface area contributed by atoms with E-state index in [-0.39, 0.29) is 0 Å². The van der Waals surface area contributed by atoms with Crippen LogP contribution in [-0.4, -0.2) is 30.1 Å². The maximum Gasteiger partial charge on any atom is 0.314 e. The molecule has 0 aliphatic heterocycles. The molecule has 1 aromatic carbocycles. The van der Waals surface area contributed by atoms with Crippen LogP contribution in [0.2, 0.25) is 5.02 Å². The lowest BCUT2D eigenvalue weighted by molar-refractivity contribution is -0.140. The van der Waals surface area contributed by atoms with Crippen LogP contribution >= 0.6 is 11.6 Å². The van der Waals surface area contributed by atoms with Gasteiger partial charge in [0.25, 0.3) is 0 Å². The predicted octanol–water partition coefficient (Wildman–Crippen LogP) is 2.52. The molecule has 3 nitrogen and oxygen atoms in total. The van der Waals surface area contributed by atoms with E-state index in [1.165, 1.54) is 0 Å². The Balaban J connectivity index is 2.28. The van der Waals surface area contributed by atoms with Gasteiger partial charge < -0.3 is 10.0 Å². The van der Waals surface area contributed by atoms with Crippen LogP contribution in [-0.2, 0) is 16.8 Å². The zero-order chi connectivity index (χ0) is 12.6. The Morgan fingerprint density at radius 2 is 2.12 bits per heavy atom. The van der Waals surface area contributed by atoms with Gasteiger partial charge in [-0.05, 0) is 44.1 Å². The number of carboxylic acid groups (broad SMARTS) is 1. The Morgan fingerprint density at radius 3 is 2.53 bits per heavy atom. The third-order valence-electron chi connectivity index (χ3n) is 3.25. The maximum atomic E-state index is 11.2. The summed E-state index contributed by atoms with van der Waals surface area (Å²) in [6.45, 7) is 0.763. The molecule has 0 heterocycles. The van der Waals surface area contributed by atoms with Gasteiger partial charge in [0.1, 0.15) is 0 Å². The minimum atomic E-state index is -0.742. The number of aliphatic carboxylic acids is 1. The van der Waals surface area contributed by atoms with Crippen molar-refractivity contribution in [3.05, 3.63) is 34.3 Å². The first-order valence-corrected chi connectivity index (χ1v) is 6.00. The Hall–Kier alpha value is -1.06. The van der Waals surface area contributed by atoms with Gasteiger partial charge in [-0.3, -0.25) is 4.79 Å². The molecular formula is C13H16ClNO2. The Bertz CT molecular complexity index is 453. The standard InChI is InChI=1S/C13H16ClNO2/c1-15(2)8-9-3-4-10(7-11(9)14)13(5-6-13)12(16)17/h3-4,7H,5-6,8H2,1-2H3,(H,16,17). The van der Waals surface area contributed by atoms with E-state index in [1.807, 2.05) is 37.2 Å². The fourth-order valence-electron chi connectivity index (χ4n) is 2.06. The summed E-state index contributed by atoms with van der Waals surface area (Å²) in [4.78, 5) is 13.2. The van der Waals surface area contributed by atoms with E-state index in [2.05, 4.69) is 0 Å². The molecule has 0 radical (unpaired) electrons. The highest BCUT2D eigenvalue weighted by Crippen LogP contribution is 2.49. The summed E-state index contributed by atoms with van der Waals surface area (Å²) in [6.07, 6.45) is 1.43. The number of carbonyl (C=O) groups is 1. The van der Waals surface area contributed by atoms with E-state index in [9.17, 15) is 9.90 Å². The second-order valence-corrected chi connectivity index (χ2v) is 5.34. The Morgan fingerprint density at radius 1 is 1.47 bits per heavy atom. The van der Waals surface area contributed by atoms with Crippen LogP contribution in [0.4, 0.5) is 0 Å². The molecular weight excluding hydrogens is 238 g/mol. The van der Waals surface area contributed by atoms with Gasteiger partial charge in [-0.1, -0.05) is 23.7 Å². The van der Waals surface area contributed by atoms with Crippen molar-refractivity contribution in [3.63, 3.8) is 0 Å². The Kier molecular flexibility index (Phi) is 3.15. The fourth-order valence-corrected chi connectivity index (χ4v) is 2.31. The van der Waals surface area contributed by atoms with Crippen molar-refractivity contribution < 1.29 is 9.90 Å². The molecule has 0 atom stereocenters. The maximum absolute atomic E-state index is 11.2. The normalized spacial score (nSPS) is 17.2. The van der Waals surface area contributed by atoms with E-state index >= 15 is 0 Å². The topological polar surface area (TPSA) is 40.5 Å². The van der Waals surface area contributed by atoms with E-state index in [1.54, 1.807) is 0 Å². The van der Waals surface area contributed by atoms with Crippen LogP contribution in [0.15, 0.2) is 18.2 Å². The zero-order valence-electron chi connectivity index (χ0n) is 10.0. The molecule has 1 aromatic rings. The largest absolute Gasteiger partial charge is 0.481 e. The summed E-state index contributed by atoms with van der Waals surface area (Å²) in [5, 5.41) is 9.87. The highest BCUT2D eigenvalue weighted by Gasteiger charge is 2.51. The van der Waals surface area contributed by atoms with Crippen LogP contribution in [0.3, 0.4) is 0 Å². The SMILES string of the molecule is CN(C)Cc1ccc(C2(C(=O)O)CC2)cc1Cl. The van der Waals surface area contributed by atoms with Crippen molar-refractivity contribution in [2.75, 3.05) is 14.1 Å². The molecule has 1 N–H and O–H groups in total. The molecule has 1 aliphatic rings. The molecule has 0 bridgehead atoms. The summed E-state index contributed by atoms with van der Waals surface area (Å²) in [5.74, 6) is -0.742. The zero-order valence-corrected chi connectivity index (χ0v) is 10.8. The smallest absolute Gasteiger partial charge is 0.314 e. The second-order valence-electron chi connectivity index (χ2n) is 4.93. The average molecular weight is 254 g/mol. The van der Waals surface area contributed by atoms with Crippen molar-refractivity contribution in [1.82, 2.24) is 4.90 Å². The lowest BCUT2D eigenvalue weighted by Gasteiger charge is -2.15. The van der Waals surface area contributed by atoms with Crippen molar-refractivity contribution >= 4 is 17.6 Å². The van der Waals surface area contributed by atoms with Crippen LogP contribution in [0.5, 0.6) is 0 Å². The van der Waals surface area contributed by atoms with Gasteiger partial charge >= 0.3 is 5.97 Å². The summed E-state index contributed by atoms with van der Waals surface area (Å²) >= 11 is 6.19. The summed E-state index contributed by atoms with van der Waals surface area (Å²) < 4.78 is 0. The van der Waals surface area contributed by atoms with E-state index < -0.39 is 11.4 Å². The molecule has 92 valence electrons. The summed E-state index contributed by atoms with van der Waals surface area (Å²) in [6, 6.07) is 5.63. The minimum Gasteiger partial charge on any atom is -0.481 e. The third-order valence-corrected chi connectivity index (χ3v) is 3.60. The van der Waals surface area contributed by atoms with E-state index in [0.717, 1.165) is 17.7 Å². The van der Waals surface area contributed by atoms with Gasteiger partial charge in [0.2, 0.25) is 0 Å². The highest BCUT2D eigenvalue weighted by atomic mass is 35.5. The molecule has 1 saturated carbocycles. The number of rotatable bonds is 4. The number of benzene rings is 1. The monoisotopic (exact) mass is 253 g/mol. The highest BCUT2D eigenvalue weighted by molar-refractivity contribution is 6.31. The van der Waals surface area contributed by atoms with Crippen LogP contribution in [0, 0.1) is 0 Å². The van der Waals surface area contributed by atoms with Gasteiger partial charge in [0.05, 0.1) is 5.41 Å². The lowest BCUT2D eigenvalue weighted by atomic mass is 9.95. The summed E-state index contributed by atoms with van der Waals surface area (Å²) in [7, 11) is 3.95. The molecule has 0 aromatic heterocycles. The molecule has 0 amide bonds. The van der Waals surface area contributed by atoms with Crippen molar-refractivity contribution in [2.24, 2.45) is 0 Å². The molecule has 0 spiro atoms. The first-order valence-electron chi connectivity index (χ1n) is 5.63. The molecule has 0 saturated heterocycles. The quantitative estimate of drug-likeness (QED) is 0.896. The first kappa shape index (κ1) is 12.4. The lowest BCUT2D eigenvalue weighted by Crippen LogP contribution is -2.19. The summed E-state index contributed by atoms with van der Waals surface area (Å²) in [5.41, 5.74) is 1.19. The predicted molar refractivity (Wildman–Crippen MR) is 67.4 cm³/mol.